The maximum absolute atomic E-state index is 12.9. The molecule has 0 spiro atoms. The molecule has 0 aliphatic carbocycles. The third-order valence-electron chi connectivity index (χ3n) is 5.95. The molecular formula is C26H32N4O5. The number of urea groups is 1. The van der Waals surface area contributed by atoms with Crippen LogP contribution in [0.2, 0.25) is 0 Å². The fourth-order valence-corrected chi connectivity index (χ4v) is 4.05. The van der Waals surface area contributed by atoms with Crippen LogP contribution in [0, 0.1) is 6.92 Å². The highest BCUT2D eigenvalue weighted by molar-refractivity contribution is 6.00. The Morgan fingerprint density at radius 1 is 1.00 bits per heavy atom. The van der Waals surface area contributed by atoms with E-state index in [4.69, 9.17) is 5.11 Å². The molecule has 0 unspecified atom stereocenters. The highest BCUT2D eigenvalue weighted by Gasteiger charge is 2.33. The van der Waals surface area contributed by atoms with E-state index in [9.17, 15) is 19.2 Å². The number of aryl methyl sites for hydroxylation is 1. The number of para-hydroxylation sites is 1. The van der Waals surface area contributed by atoms with Crippen LogP contribution in [0.4, 0.5) is 16.2 Å². The summed E-state index contributed by atoms with van der Waals surface area (Å²) in [4.78, 5) is 49.9. The minimum Gasteiger partial charge on any atom is -0.481 e. The van der Waals surface area contributed by atoms with Crippen LogP contribution in [0.3, 0.4) is 0 Å². The molecule has 0 radical (unpaired) electrons. The van der Waals surface area contributed by atoms with Crippen LogP contribution >= 0.6 is 0 Å². The van der Waals surface area contributed by atoms with Gasteiger partial charge in [0.2, 0.25) is 11.8 Å². The van der Waals surface area contributed by atoms with Crippen LogP contribution in [0.5, 0.6) is 0 Å². The van der Waals surface area contributed by atoms with Gasteiger partial charge in [-0.3, -0.25) is 14.4 Å². The second kappa shape index (κ2) is 12.5. The number of carbonyl (C=O) groups excluding carboxylic acids is 3. The van der Waals surface area contributed by atoms with Gasteiger partial charge < -0.3 is 26.0 Å². The van der Waals surface area contributed by atoms with Crippen LogP contribution in [0.15, 0.2) is 48.5 Å². The van der Waals surface area contributed by atoms with Crippen LogP contribution in [0.1, 0.15) is 43.2 Å². The second-order valence-corrected chi connectivity index (χ2v) is 8.65. The molecule has 9 nitrogen and oxygen atoms in total. The van der Waals surface area contributed by atoms with Crippen molar-refractivity contribution in [2.45, 2.75) is 51.5 Å². The maximum atomic E-state index is 12.9. The number of nitrogens with one attached hydrogen (secondary N) is 3. The van der Waals surface area contributed by atoms with Gasteiger partial charge in [-0.1, -0.05) is 30.3 Å². The summed E-state index contributed by atoms with van der Waals surface area (Å²) in [6, 6.07) is 13.7. The molecule has 0 saturated carbocycles. The summed E-state index contributed by atoms with van der Waals surface area (Å²) >= 11 is 0. The molecule has 0 aromatic heterocycles. The van der Waals surface area contributed by atoms with Crippen molar-refractivity contribution in [3.8, 4) is 0 Å². The molecular weight excluding hydrogens is 448 g/mol. The fourth-order valence-electron chi connectivity index (χ4n) is 4.05. The molecule has 35 heavy (non-hydrogen) atoms. The first kappa shape index (κ1) is 25.7. The number of likely N-dealkylation sites (tertiary alicyclic amines) is 1. The summed E-state index contributed by atoms with van der Waals surface area (Å²) in [7, 11) is 0. The molecule has 2 aromatic carbocycles. The number of unbranched alkanes of at least 4 members (excludes halogenated alkanes) is 1. The number of nitrogens with zero attached hydrogens (tertiary/aromatic N) is 1. The van der Waals surface area contributed by atoms with Crippen molar-refractivity contribution < 1.29 is 24.3 Å². The van der Waals surface area contributed by atoms with E-state index in [2.05, 4.69) is 16.0 Å². The SMILES string of the molecule is Cc1ccccc1NC(=O)Nc1ccc(CC(=O)N2CCC[C@H]2C(=O)NCCCCC(=O)O)cc1. The zero-order valence-corrected chi connectivity index (χ0v) is 19.9. The third-order valence-corrected chi connectivity index (χ3v) is 5.95. The Morgan fingerprint density at radius 2 is 1.74 bits per heavy atom. The summed E-state index contributed by atoms with van der Waals surface area (Å²) in [5, 5.41) is 17.1. The predicted octanol–water partition coefficient (Wildman–Crippen LogP) is 3.54. The lowest BCUT2D eigenvalue weighted by Crippen LogP contribution is -2.46. The second-order valence-electron chi connectivity index (χ2n) is 8.65. The number of amides is 4. The molecule has 1 saturated heterocycles. The first-order valence-corrected chi connectivity index (χ1v) is 11.8. The Morgan fingerprint density at radius 3 is 2.46 bits per heavy atom. The molecule has 4 N–H and O–H groups in total. The lowest BCUT2D eigenvalue weighted by atomic mass is 10.1. The van der Waals surface area contributed by atoms with Crippen molar-refractivity contribution in [2.75, 3.05) is 23.7 Å². The number of carboxylic acid groups (broad SMARTS) is 1. The van der Waals surface area contributed by atoms with Gasteiger partial charge in [-0.25, -0.2) is 4.79 Å². The molecule has 2 aromatic rings. The lowest BCUT2D eigenvalue weighted by Gasteiger charge is -2.24. The Labute approximate surface area is 204 Å². The van der Waals surface area contributed by atoms with Gasteiger partial charge in [-0.15, -0.1) is 0 Å². The van der Waals surface area contributed by atoms with Gasteiger partial charge in [0, 0.05) is 30.9 Å². The van der Waals surface area contributed by atoms with Crippen molar-refractivity contribution >= 4 is 35.2 Å². The zero-order chi connectivity index (χ0) is 25.2. The Hall–Kier alpha value is -3.88. The molecule has 1 heterocycles. The molecule has 1 aliphatic heterocycles. The Balaban J connectivity index is 1.47. The van der Waals surface area contributed by atoms with Crippen molar-refractivity contribution in [2.24, 2.45) is 0 Å². The minimum atomic E-state index is -0.849. The van der Waals surface area contributed by atoms with E-state index in [1.807, 2.05) is 31.2 Å². The number of hydrogen-bond acceptors (Lipinski definition) is 4. The summed E-state index contributed by atoms with van der Waals surface area (Å²) in [6.07, 6.45) is 2.71. The van der Waals surface area contributed by atoms with Gasteiger partial charge in [0.15, 0.2) is 0 Å². The van der Waals surface area contributed by atoms with E-state index in [1.54, 1.807) is 29.2 Å². The van der Waals surface area contributed by atoms with Crippen molar-refractivity contribution in [3.63, 3.8) is 0 Å². The van der Waals surface area contributed by atoms with Gasteiger partial charge in [-0.05, 0) is 61.9 Å². The van der Waals surface area contributed by atoms with Gasteiger partial charge >= 0.3 is 12.0 Å². The zero-order valence-electron chi connectivity index (χ0n) is 19.9. The Kier molecular flexibility index (Phi) is 9.23. The molecule has 186 valence electrons. The van der Waals surface area contributed by atoms with Crippen molar-refractivity contribution in [1.29, 1.82) is 0 Å². The molecule has 1 atom stereocenters. The number of aliphatic carboxylic acids is 1. The summed E-state index contributed by atoms with van der Waals surface area (Å²) in [5.74, 6) is -1.16. The number of rotatable bonds is 10. The Bertz CT molecular complexity index is 1050. The highest BCUT2D eigenvalue weighted by atomic mass is 16.4. The van der Waals surface area contributed by atoms with Crippen molar-refractivity contribution in [3.05, 3.63) is 59.7 Å². The first-order chi connectivity index (χ1) is 16.8. The summed E-state index contributed by atoms with van der Waals surface area (Å²) in [5.41, 5.74) is 3.09. The van der Waals surface area contributed by atoms with E-state index in [0.717, 1.165) is 23.2 Å². The lowest BCUT2D eigenvalue weighted by molar-refractivity contribution is -0.138. The molecule has 1 fully saturated rings. The third kappa shape index (κ3) is 7.84. The molecule has 3 rings (SSSR count). The smallest absolute Gasteiger partial charge is 0.323 e. The average molecular weight is 481 g/mol. The standard InChI is InChI=1S/C26H32N4O5/c1-18-7-2-3-8-21(18)29-26(35)28-20-13-11-19(12-14-20)17-23(31)30-16-6-9-22(30)25(34)27-15-5-4-10-24(32)33/h2-3,7-8,11-14,22H,4-6,9-10,15-17H2,1H3,(H,27,34)(H,32,33)(H2,28,29,35)/t22-/m0/s1. The normalized spacial score (nSPS) is 14.9. The molecule has 4 amide bonds. The number of benzene rings is 2. The van der Waals surface area contributed by atoms with Crippen LogP contribution in [-0.4, -0.2) is 53.0 Å². The van der Waals surface area contributed by atoms with Gasteiger partial charge in [0.1, 0.15) is 6.04 Å². The van der Waals surface area contributed by atoms with Crippen LogP contribution < -0.4 is 16.0 Å². The van der Waals surface area contributed by atoms with E-state index in [0.29, 0.717) is 38.0 Å². The minimum absolute atomic E-state index is 0.0790. The van der Waals surface area contributed by atoms with E-state index >= 15 is 0 Å². The van der Waals surface area contributed by atoms with Gasteiger partial charge in [0.25, 0.3) is 0 Å². The topological polar surface area (TPSA) is 128 Å². The first-order valence-electron chi connectivity index (χ1n) is 11.8. The number of carbonyl (C=O) groups is 4. The van der Waals surface area contributed by atoms with Crippen LogP contribution in [-0.2, 0) is 20.8 Å². The maximum Gasteiger partial charge on any atom is 0.323 e. The fraction of sp³-hybridized carbons (Fsp3) is 0.385. The van der Waals surface area contributed by atoms with Crippen molar-refractivity contribution in [1.82, 2.24) is 10.2 Å². The largest absolute Gasteiger partial charge is 0.481 e. The van der Waals surface area contributed by atoms with E-state index < -0.39 is 12.0 Å². The highest BCUT2D eigenvalue weighted by Crippen LogP contribution is 2.20. The van der Waals surface area contributed by atoms with Crippen LogP contribution in [0.25, 0.3) is 0 Å². The number of anilines is 2. The van der Waals surface area contributed by atoms with E-state index in [1.165, 1.54) is 0 Å². The average Bonchev–Trinajstić information content (AvgIpc) is 3.32. The molecule has 9 heteroatoms. The quantitative estimate of drug-likeness (QED) is 0.387. The van der Waals surface area contributed by atoms with Gasteiger partial charge in [0.05, 0.1) is 6.42 Å². The summed E-state index contributed by atoms with van der Waals surface area (Å²) < 4.78 is 0. The number of carboxylic acids is 1. The molecule has 1 aliphatic rings. The van der Waals surface area contributed by atoms with Gasteiger partial charge in [-0.2, -0.15) is 0 Å². The summed E-state index contributed by atoms with van der Waals surface area (Å²) in [6.45, 7) is 2.85. The molecule has 0 bridgehead atoms. The van der Waals surface area contributed by atoms with E-state index in [-0.39, 0.29) is 30.7 Å². The number of hydrogen-bond donors (Lipinski definition) is 4. The predicted molar refractivity (Wildman–Crippen MR) is 133 cm³/mol. The monoisotopic (exact) mass is 480 g/mol.